The minimum atomic E-state index is -2.79. The van der Waals surface area contributed by atoms with Gasteiger partial charge >= 0.3 is 0 Å². The molecule has 3 atom stereocenters. The summed E-state index contributed by atoms with van der Waals surface area (Å²) in [6, 6.07) is 9.50. The molecule has 2 aromatic rings. The topological polar surface area (TPSA) is 196 Å². The smallest absolute Gasteiger partial charge is 0.274 e. The first kappa shape index (κ1) is 26.9. The van der Waals surface area contributed by atoms with Crippen molar-refractivity contribution in [1.29, 1.82) is 0 Å². The van der Waals surface area contributed by atoms with Crippen LogP contribution in [0.2, 0.25) is 0 Å². The van der Waals surface area contributed by atoms with Crippen LogP contribution < -0.4 is 11.2 Å². The molecule has 0 unspecified atom stereocenters. The van der Waals surface area contributed by atoms with Crippen molar-refractivity contribution in [3.8, 4) is 16.9 Å². The first-order valence-electron chi connectivity index (χ1n) is 12.3. The van der Waals surface area contributed by atoms with Gasteiger partial charge in [0.25, 0.3) is 11.8 Å². The van der Waals surface area contributed by atoms with E-state index in [0.717, 1.165) is 0 Å². The quantitative estimate of drug-likeness (QED) is 0.184. The lowest BCUT2D eigenvalue weighted by molar-refractivity contribution is -0.156. The van der Waals surface area contributed by atoms with Crippen molar-refractivity contribution in [2.45, 2.75) is 24.9 Å². The molecule has 0 bridgehead atoms. The number of fused-ring (bicyclic) bond motifs is 3. The van der Waals surface area contributed by atoms with E-state index in [0.29, 0.717) is 16.7 Å². The number of carbonyl (C=O) groups is 4. The van der Waals surface area contributed by atoms with Gasteiger partial charge < -0.3 is 26.2 Å². The van der Waals surface area contributed by atoms with E-state index in [1.165, 1.54) is 19.3 Å². The highest BCUT2D eigenvalue weighted by molar-refractivity contribution is 6.23. The molecule has 2 amide bonds. The summed E-state index contributed by atoms with van der Waals surface area (Å²) in [7, 11) is 1.30. The van der Waals surface area contributed by atoms with E-state index in [1.807, 2.05) is 0 Å². The molecule has 11 heteroatoms. The minimum absolute atomic E-state index is 0.0518. The summed E-state index contributed by atoms with van der Waals surface area (Å²) < 4.78 is 0. The molecule has 0 aromatic heterocycles. The van der Waals surface area contributed by atoms with Gasteiger partial charge in [0.05, 0.1) is 12.7 Å². The summed E-state index contributed by atoms with van der Waals surface area (Å²) in [5.74, 6) is -6.67. The van der Waals surface area contributed by atoms with Crippen molar-refractivity contribution in [3.05, 3.63) is 82.6 Å². The number of carbonyl (C=O) groups excluding carboxylic acids is 4. The second kappa shape index (κ2) is 9.18. The molecule has 7 N–H and O–H groups in total. The first-order valence-corrected chi connectivity index (χ1v) is 12.3. The molecule has 0 saturated heterocycles. The van der Waals surface area contributed by atoms with Gasteiger partial charge in [-0.3, -0.25) is 24.0 Å². The van der Waals surface area contributed by atoms with Crippen molar-refractivity contribution in [2.75, 3.05) is 7.11 Å². The molecule has 11 nitrogen and oxygen atoms in total. The Kier molecular flexibility index (Phi) is 6.16. The zero-order valence-electron chi connectivity index (χ0n) is 21.4. The van der Waals surface area contributed by atoms with Gasteiger partial charge in [0.15, 0.2) is 11.4 Å². The second-order valence-corrected chi connectivity index (χ2v) is 10.2. The standard InChI is InChI=1S/C29H26N2O9/c1-3-28-11-15-10-17-16(13-5-4-6-14(9-13)27(38)31-40-2)7-8-18(32)21(17)23(34)20(15)24(35)29(28,39)25(36)22(26(30)37)19(33)12-28/h3-9,15,32,34,36,39H,1,10-12H2,2H3,(H2,30,37)(H,31,38)/t15-,28-,29-/m0/s1. The molecule has 40 heavy (non-hydrogen) atoms. The predicted molar refractivity (Wildman–Crippen MR) is 140 cm³/mol. The van der Waals surface area contributed by atoms with E-state index in [4.69, 9.17) is 10.6 Å². The summed E-state index contributed by atoms with van der Waals surface area (Å²) in [6.45, 7) is 3.72. The number of primary amides is 1. The minimum Gasteiger partial charge on any atom is -0.508 e. The zero-order chi connectivity index (χ0) is 29.1. The molecular formula is C29H26N2O9. The Hall–Kier alpha value is -4.74. The molecular weight excluding hydrogens is 520 g/mol. The molecule has 2 aromatic carbocycles. The van der Waals surface area contributed by atoms with Crippen LogP contribution in [0.15, 0.2) is 66.0 Å². The Bertz CT molecular complexity index is 1600. The van der Waals surface area contributed by atoms with Crippen LogP contribution in [-0.4, -0.2) is 56.5 Å². The number of benzene rings is 2. The Morgan fingerprint density at radius 2 is 1.90 bits per heavy atom. The van der Waals surface area contributed by atoms with Crippen LogP contribution in [0, 0.1) is 11.3 Å². The fourth-order valence-electron chi connectivity index (χ4n) is 6.30. The van der Waals surface area contributed by atoms with Crippen LogP contribution in [0.1, 0.15) is 34.3 Å². The largest absolute Gasteiger partial charge is 0.508 e. The average Bonchev–Trinajstić information content (AvgIpc) is 2.90. The molecule has 3 aliphatic carbocycles. The lowest BCUT2D eigenvalue weighted by atomic mass is 9.51. The molecule has 0 radical (unpaired) electrons. The number of phenolic OH excluding ortho intramolecular Hbond substituents is 1. The third-order valence-corrected chi connectivity index (χ3v) is 8.15. The Balaban J connectivity index is 1.72. The maximum absolute atomic E-state index is 13.9. The summed E-state index contributed by atoms with van der Waals surface area (Å²) in [6.07, 6.45) is 0.667. The van der Waals surface area contributed by atoms with Gasteiger partial charge in [-0.05, 0) is 53.6 Å². The number of nitrogens with two attached hydrogens (primary N) is 1. The van der Waals surface area contributed by atoms with Gasteiger partial charge in [-0.25, -0.2) is 5.48 Å². The third-order valence-electron chi connectivity index (χ3n) is 8.15. The average molecular weight is 547 g/mol. The van der Waals surface area contributed by atoms with E-state index in [-0.39, 0.29) is 35.3 Å². The van der Waals surface area contributed by atoms with Gasteiger partial charge in [0, 0.05) is 23.0 Å². The SMILES string of the molecule is C=C[C@]12CC(=O)C(C(N)=O)=C(O)[C@@]1(O)C(=O)C1=C(O)c3c(O)ccc(-c4cccc(C(=O)NOC)c4)c3C[C@H]1C2. The Morgan fingerprint density at radius 1 is 1.18 bits per heavy atom. The number of hydrogen-bond acceptors (Lipinski definition) is 9. The molecule has 1 saturated carbocycles. The van der Waals surface area contributed by atoms with Crippen molar-refractivity contribution >= 4 is 29.1 Å². The number of Topliss-reactive ketones (excluding diaryl/α,β-unsaturated/α-hetero) is 2. The molecule has 0 aliphatic heterocycles. The number of ketones is 2. The van der Waals surface area contributed by atoms with Crippen molar-refractivity contribution < 1.29 is 44.4 Å². The monoisotopic (exact) mass is 546 g/mol. The van der Waals surface area contributed by atoms with E-state index < -0.39 is 63.8 Å². The van der Waals surface area contributed by atoms with Crippen molar-refractivity contribution in [3.63, 3.8) is 0 Å². The van der Waals surface area contributed by atoms with Gasteiger partial charge in [0.2, 0.25) is 5.78 Å². The van der Waals surface area contributed by atoms with Crippen molar-refractivity contribution in [1.82, 2.24) is 5.48 Å². The number of aromatic hydroxyl groups is 1. The molecule has 0 spiro atoms. The zero-order valence-corrected chi connectivity index (χ0v) is 21.4. The first-order chi connectivity index (χ1) is 18.9. The second-order valence-electron chi connectivity index (χ2n) is 10.2. The van der Waals surface area contributed by atoms with Crippen LogP contribution in [0.25, 0.3) is 16.9 Å². The Morgan fingerprint density at radius 3 is 2.55 bits per heavy atom. The maximum Gasteiger partial charge on any atom is 0.274 e. The highest BCUT2D eigenvalue weighted by Crippen LogP contribution is 2.59. The number of hydroxylamine groups is 1. The lowest BCUT2D eigenvalue weighted by Crippen LogP contribution is -2.64. The summed E-state index contributed by atoms with van der Waals surface area (Å²) >= 11 is 0. The number of amides is 2. The third kappa shape index (κ3) is 3.51. The van der Waals surface area contributed by atoms with Gasteiger partial charge in [-0.15, -0.1) is 6.58 Å². The van der Waals surface area contributed by atoms with Crippen LogP contribution in [0.5, 0.6) is 5.75 Å². The molecule has 3 aliphatic rings. The number of phenols is 1. The van der Waals surface area contributed by atoms with E-state index >= 15 is 0 Å². The van der Waals surface area contributed by atoms with E-state index in [9.17, 15) is 39.6 Å². The van der Waals surface area contributed by atoms with Crippen LogP contribution in [-0.2, 0) is 25.6 Å². The van der Waals surface area contributed by atoms with Gasteiger partial charge in [0.1, 0.15) is 22.8 Å². The van der Waals surface area contributed by atoms with Gasteiger partial charge in [-0.2, -0.15) is 0 Å². The summed E-state index contributed by atoms with van der Waals surface area (Å²) in [5, 5.41) is 44.8. The molecule has 0 heterocycles. The normalized spacial score (nSPS) is 25.6. The Labute approximate surface area is 227 Å². The van der Waals surface area contributed by atoms with Crippen LogP contribution in [0.4, 0.5) is 0 Å². The predicted octanol–water partition coefficient (Wildman–Crippen LogP) is 1.94. The van der Waals surface area contributed by atoms with Crippen LogP contribution >= 0.6 is 0 Å². The maximum atomic E-state index is 13.9. The fourth-order valence-corrected chi connectivity index (χ4v) is 6.30. The highest BCUT2D eigenvalue weighted by Gasteiger charge is 2.67. The van der Waals surface area contributed by atoms with E-state index in [1.54, 1.807) is 30.3 Å². The molecule has 206 valence electrons. The highest BCUT2D eigenvalue weighted by atomic mass is 16.6. The fraction of sp³-hybridized carbons (Fsp3) is 0.241. The van der Waals surface area contributed by atoms with E-state index in [2.05, 4.69) is 12.1 Å². The summed E-state index contributed by atoms with van der Waals surface area (Å²) in [4.78, 5) is 55.7. The molecule has 5 rings (SSSR count). The number of nitrogens with one attached hydrogen (secondary N) is 1. The lowest BCUT2D eigenvalue weighted by Gasteiger charge is -2.53. The van der Waals surface area contributed by atoms with Crippen molar-refractivity contribution in [2.24, 2.45) is 17.1 Å². The number of aliphatic hydroxyl groups is 3. The van der Waals surface area contributed by atoms with Crippen LogP contribution in [0.3, 0.4) is 0 Å². The van der Waals surface area contributed by atoms with Gasteiger partial charge in [-0.1, -0.05) is 24.3 Å². The number of aliphatic hydroxyl groups excluding tert-OH is 2. The number of hydrogen-bond donors (Lipinski definition) is 6. The number of rotatable bonds is 5. The summed E-state index contributed by atoms with van der Waals surface area (Å²) in [5.41, 5.74) is 3.70. The molecule has 1 fully saturated rings.